The summed E-state index contributed by atoms with van der Waals surface area (Å²) in [6.45, 7) is 4.23. The van der Waals surface area contributed by atoms with Crippen LogP contribution in [-0.4, -0.2) is 26.8 Å². The average Bonchev–Trinajstić information content (AvgIpc) is 2.93. The first-order valence-corrected chi connectivity index (χ1v) is 9.03. The topological polar surface area (TPSA) is 84.2 Å². The van der Waals surface area contributed by atoms with Gasteiger partial charge in [0.25, 0.3) is 5.91 Å². The summed E-state index contributed by atoms with van der Waals surface area (Å²) in [5.41, 5.74) is 5.47. The molecule has 0 unspecified atom stereocenters. The molecule has 3 rings (SSSR count). The number of nitrogens with one attached hydrogen (secondary N) is 1. The Hall–Kier alpha value is -3.41. The fourth-order valence-corrected chi connectivity index (χ4v) is 3.15. The molecule has 0 aliphatic rings. The van der Waals surface area contributed by atoms with E-state index >= 15 is 0 Å². The Balaban J connectivity index is 1.76. The van der Waals surface area contributed by atoms with Crippen LogP contribution in [0.15, 0.2) is 48.5 Å². The predicted octanol–water partition coefficient (Wildman–Crippen LogP) is 3.26. The number of carboxylic acid groups (broad SMARTS) is 1. The molecule has 6 heteroatoms. The number of aromatic carboxylic acids is 1. The SMILES string of the molecule is Cc1cccc(Cc2nn(C)c(C)c2C(=O)NCc2ccc(C(=O)O)cc2)c1. The van der Waals surface area contributed by atoms with Crippen LogP contribution < -0.4 is 5.32 Å². The third-order valence-electron chi connectivity index (χ3n) is 4.74. The van der Waals surface area contributed by atoms with Crippen molar-refractivity contribution in [2.45, 2.75) is 26.8 Å². The van der Waals surface area contributed by atoms with Crippen molar-refractivity contribution in [1.29, 1.82) is 0 Å². The molecule has 0 spiro atoms. The summed E-state index contributed by atoms with van der Waals surface area (Å²) >= 11 is 0. The summed E-state index contributed by atoms with van der Waals surface area (Å²) in [6.07, 6.45) is 0.583. The minimum atomic E-state index is -0.970. The molecule has 0 saturated carbocycles. The maximum absolute atomic E-state index is 12.8. The second-order valence-electron chi connectivity index (χ2n) is 6.88. The molecule has 0 fully saturated rings. The number of hydrogen-bond acceptors (Lipinski definition) is 3. The summed E-state index contributed by atoms with van der Waals surface area (Å²) in [7, 11) is 1.83. The van der Waals surface area contributed by atoms with Gasteiger partial charge in [-0.05, 0) is 37.1 Å². The first kappa shape index (κ1) is 19.4. The lowest BCUT2D eigenvalue weighted by Crippen LogP contribution is -2.24. The Morgan fingerprint density at radius 1 is 1.07 bits per heavy atom. The lowest BCUT2D eigenvalue weighted by Gasteiger charge is -2.08. The molecule has 0 radical (unpaired) electrons. The quantitative estimate of drug-likeness (QED) is 0.691. The van der Waals surface area contributed by atoms with E-state index in [1.165, 1.54) is 17.7 Å². The smallest absolute Gasteiger partial charge is 0.335 e. The van der Waals surface area contributed by atoms with Crippen molar-refractivity contribution in [2.24, 2.45) is 7.05 Å². The maximum Gasteiger partial charge on any atom is 0.335 e. The molecule has 1 heterocycles. The highest BCUT2D eigenvalue weighted by Crippen LogP contribution is 2.18. The van der Waals surface area contributed by atoms with E-state index in [2.05, 4.69) is 16.5 Å². The lowest BCUT2D eigenvalue weighted by atomic mass is 10.0. The van der Waals surface area contributed by atoms with E-state index in [-0.39, 0.29) is 11.5 Å². The van der Waals surface area contributed by atoms with Crippen LogP contribution in [0, 0.1) is 13.8 Å². The van der Waals surface area contributed by atoms with Crippen LogP contribution in [0.4, 0.5) is 0 Å². The van der Waals surface area contributed by atoms with Crippen molar-refractivity contribution in [3.63, 3.8) is 0 Å². The fraction of sp³-hybridized carbons (Fsp3) is 0.227. The van der Waals surface area contributed by atoms with Crippen molar-refractivity contribution < 1.29 is 14.7 Å². The summed E-state index contributed by atoms with van der Waals surface area (Å²) in [4.78, 5) is 23.8. The highest BCUT2D eigenvalue weighted by atomic mass is 16.4. The molecular formula is C22H23N3O3. The summed E-state index contributed by atoms with van der Waals surface area (Å²) < 4.78 is 1.72. The minimum Gasteiger partial charge on any atom is -0.478 e. The van der Waals surface area contributed by atoms with E-state index in [4.69, 9.17) is 5.11 Å². The van der Waals surface area contributed by atoms with E-state index in [9.17, 15) is 9.59 Å². The molecule has 6 nitrogen and oxygen atoms in total. The zero-order chi connectivity index (χ0) is 20.3. The molecule has 0 atom stereocenters. The first-order chi connectivity index (χ1) is 13.3. The van der Waals surface area contributed by atoms with Gasteiger partial charge in [0.1, 0.15) is 0 Å². The Morgan fingerprint density at radius 2 is 1.79 bits per heavy atom. The third-order valence-corrected chi connectivity index (χ3v) is 4.74. The Kier molecular flexibility index (Phi) is 5.59. The van der Waals surface area contributed by atoms with Crippen LogP contribution in [0.1, 0.15) is 48.8 Å². The molecule has 1 aromatic heterocycles. The van der Waals surface area contributed by atoms with Gasteiger partial charge < -0.3 is 10.4 Å². The van der Waals surface area contributed by atoms with Gasteiger partial charge in [-0.15, -0.1) is 0 Å². The molecule has 0 aliphatic carbocycles. The summed E-state index contributed by atoms with van der Waals surface area (Å²) in [5, 5.41) is 16.4. The Morgan fingerprint density at radius 3 is 2.43 bits per heavy atom. The van der Waals surface area contributed by atoms with Crippen molar-refractivity contribution in [1.82, 2.24) is 15.1 Å². The van der Waals surface area contributed by atoms with Crippen molar-refractivity contribution >= 4 is 11.9 Å². The Labute approximate surface area is 163 Å². The van der Waals surface area contributed by atoms with Gasteiger partial charge in [0.05, 0.1) is 16.8 Å². The Bertz CT molecular complexity index is 1020. The molecule has 0 bridgehead atoms. The molecule has 1 amide bonds. The predicted molar refractivity (Wildman–Crippen MR) is 107 cm³/mol. The van der Waals surface area contributed by atoms with Gasteiger partial charge >= 0.3 is 5.97 Å². The van der Waals surface area contributed by atoms with E-state index in [1.807, 2.05) is 39.1 Å². The number of carboxylic acids is 1. The largest absolute Gasteiger partial charge is 0.478 e. The molecule has 0 aliphatic heterocycles. The van der Waals surface area contributed by atoms with Crippen LogP contribution >= 0.6 is 0 Å². The second kappa shape index (κ2) is 8.08. The highest BCUT2D eigenvalue weighted by molar-refractivity contribution is 5.96. The maximum atomic E-state index is 12.8. The number of aromatic nitrogens is 2. The second-order valence-corrected chi connectivity index (χ2v) is 6.88. The zero-order valence-electron chi connectivity index (χ0n) is 16.2. The van der Waals surface area contributed by atoms with Gasteiger partial charge in [0, 0.05) is 25.7 Å². The summed E-state index contributed by atoms with van der Waals surface area (Å²) in [5.74, 6) is -1.15. The van der Waals surface area contributed by atoms with Gasteiger partial charge in [-0.1, -0.05) is 42.0 Å². The number of nitrogens with zero attached hydrogens (tertiary/aromatic N) is 2. The van der Waals surface area contributed by atoms with E-state index in [0.29, 0.717) is 18.5 Å². The first-order valence-electron chi connectivity index (χ1n) is 9.03. The van der Waals surface area contributed by atoms with Gasteiger partial charge in [0.15, 0.2) is 0 Å². The van der Waals surface area contributed by atoms with Gasteiger partial charge in [-0.25, -0.2) is 4.79 Å². The van der Waals surface area contributed by atoms with Crippen LogP contribution in [0.5, 0.6) is 0 Å². The van der Waals surface area contributed by atoms with Crippen LogP contribution in [0.25, 0.3) is 0 Å². The minimum absolute atomic E-state index is 0.185. The fourth-order valence-electron chi connectivity index (χ4n) is 3.15. The standard InChI is InChI=1S/C22H23N3O3/c1-14-5-4-6-17(11-14)12-19-20(15(2)25(3)24-19)21(26)23-13-16-7-9-18(10-8-16)22(27)28/h4-11H,12-13H2,1-3H3,(H,23,26)(H,27,28). The van der Waals surface area contributed by atoms with Crippen molar-refractivity contribution in [3.05, 3.63) is 87.7 Å². The molecule has 144 valence electrons. The van der Waals surface area contributed by atoms with Gasteiger partial charge in [0.2, 0.25) is 0 Å². The van der Waals surface area contributed by atoms with E-state index in [1.54, 1.807) is 16.8 Å². The molecule has 0 saturated heterocycles. The number of aryl methyl sites for hydroxylation is 2. The molecular weight excluding hydrogens is 354 g/mol. The number of carbonyl (C=O) groups excluding carboxylic acids is 1. The van der Waals surface area contributed by atoms with Crippen molar-refractivity contribution in [2.75, 3.05) is 0 Å². The monoisotopic (exact) mass is 377 g/mol. The summed E-state index contributed by atoms with van der Waals surface area (Å²) in [6, 6.07) is 14.6. The van der Waals surface area contributed by atoms with Gasteiger partial charge in [-0.2, -0.15) is 5.10 Å². The normalized spacial score (nSPS) is 10.7. The lowest BCUT2D eigenvalue weighted by molar-refractivity contribution is 0.0696. The van der Waals surface area contributed by atoms with Crippen LogP contribution in [0.2, 0.25) is 0 Å². The molecule has 3 aromatic rings. The zero-order valence-corrected chi connectivity index (χ0v) is 16.2. The third kappa shape index (κ3) is 4.28. The number of amides is 1. The molecule has 2 aromatic carbocycles. The number of carbonyl (C=O) groups is 2. The molecule has 2 N–H and O–H groups in total. The van der Waals surface area contributed by atoms with E-state index in [0.717, 1.165) is 22.5 Å². The molecule has 28 heavy (non-hydrogen) atoms. The van der Waals surface area contributed by atoms with Gasteiger partial charge in [-0.3, -0.25) is 9.48 Å². The number of hydrogen-bond donors (Lipinski definition) is 2. The average molecular weight is 377 g/mol. The number of rotatable bonds is 6. The number of benzene rings is 2. The van der Waals surface area contributed by atoms with E-state index < -0.39 is 5.97 Å². The van der Waals surface area contributed by atoms with Crippen LogP contribution in [0.3, 0.4) is 0 Å². The van der Waals surface area contributed by atoms with Crippen molar-refractivity contribution in [3.8, 4) is 0 Å². The highest BCUT2D eigenvalue weighted by Gasteiger charge is 2.20. The van der Waals surface area contributed by atoms with Crippen LogP contribution in [-0.2, 0) is 20.0 Å².